The van der Waals surface area contributed by atoms with Crippen LogP contribution >= 0.6 is 11.8 Å². The van der Waals surface area contributed by atoms with Gasteiger partial charge >= 0.3 is 0 Å². The first-order chi connectivity index (χ1) is 8.99. The van der Waals surface area contributed by atoms with E-state index in [-0.39, 0.29) is 12.0 Å². The maximum Gasteiger partial charge on any atom is 0.236 e. The highest BCUT2D eigenvalue weighted by Gasteiger charge is 2.21. The third-order valence-electron chi connectivity index (χ3n) is 3.29. The monoisotopic (exact) mass is 288 g/mol. The maximum atomic E-state index is 12.1. The molecule has 1 saturated heterocycles. The molecule has 1 amide bonds. The van der Waals surface area contributed by atoms with E-state index in [0.29, 0.717) is 19.6 Å². The van der Waals surface area contributed by atoms with Crippen molar-refractivity contribution in [2.75, 3.05) is 44.7 Å². The zero-order valence-electron chi connectivity index (χ0n) is 12.5. The first-order valence-corrected chi connectivity index (χ1v) is 8.36. The van der Waals surface area contributed by atoms with Gasteiger partial charge in [0.2, 0.25) is 5.91 Å². The van der Waals surface area contributed by atoms with E-state index in [0.717, 1.165) is 31.1 Å². The fourth-order valence-corrected chi connectivity index (χ4v) is 3.14. The highest BCUT2D eigenvalue weighted by Crippen LogP contribution is 2.11. The number of hydrogen-bond acceptors (Lipinski definition) is 4. The molecule has 0 aromatic carbocycles. The molecule has 0 atom stereocenters. The largest absolute Gasteiger partial charge is 0.393 e. The van der Waals surface area contributed by atoms with E-state index in [1.807, 2.05) is 23.7 Å². The van der Waals surface area contributed by atoms with Crippen LogP contribution in [0.5, 0.6) is 0 Å². The van der Waals surface area contributed by atoms with E-state index in [9.17, 15) is 9.90 Å². The van der Waals surface area contributed by atoms with Crippen molar-refractivity contribution >= 4 is 17.7 Å². The summed E-state index contributed by atoms with van der Waals surface area (Å²) >= 11 is 1.95. The Kier molecular flexibility index (Phi) is 7.80. The molecule has 0 unspecified atom stereocenters. The molecule has 1 rings (SSSR count). The lowest BCUT2D eigenvalue weighted by Crippen LogP contribution is -2.44. The summed E-state index contributed by atoms with van der Waals surface area (Å²) in [4.78, 5) is 16.0. The van der Waals surface area contributed by atoms with Gasteiger partial charge in [-0.3, -0.25) is 9.69 Å². The minimum Gasteiger partial charge on any atom is -0.393 e. The van der Waals surface area contributed by atoms with Crippen LogP contribution in [0.2, 0.25) is 0 Å². The van der Waals surface area contributed by atoms with Gasteiger partial charge in [0.05, 0.1) is 12.6 Å². The highest BCUT2D eigenvalue weighted by molar-refractivity contribution is 7.99. The lowest BCUT2D eigenvalue weighted by Gasteiger charge is -2.31. The Labute approximate surface area is 121 Å². The van der Waals surface area contributed by atoms with Crippen molar-refractivity contribution < 1.29 is 9.90 Å². The van der Waals surface area contributed by atoms with Crippen LogP contribution in [-0.2, 0) is 4.79 Å². The quantitative estimate of drug-likeness (QED) is 0.717. The van der Waals surface area contributed by atoms with E-state index >= 15 is 0 Å². The van der Waals surface area contributed by atoms with Crippen molar-refractivity contribution in [2.24, 2.45) is 5.92 Å². The molecule has 0 aliphatic carbocycles. The second-order valence-electron chi connectivity index (χ2n) is 5.82. The number of carbonyl (C=O) groups is 1. The van der Waals surface area contributed by atoms with Crippen LogP contribution in [0, 0.1) is 5.92 Å². The fraction of sp³-hybridized carbons (Fsp3) is 0.929. The Balaban J connectivity index is 2.13. The molecule has 1 aliphatic rings. The second-order valence-corrected chi connectivity index (χ2v) is 6.97. The number of amides is 1. The van der Waals surface area contributed by atoms with Gasteiger partial charge in [-0.15, -0.1) is 0 Å². The van der Waals surface area contributed by atoms with Crippen molar-refractivity contribution in [3.8, 4) is 0 Å². The van der Waals surface area contributed by atoms with Gasteiger partial charge in [-0.1, -0.05) is 13.8 Å². The normalized spacial score (nSPS) is 17.5. The van der Waals surface area contributed by atoms with Crippen molar-refractivity contribution in [1.82, 2.24) is 9.80 Å². The summed E-state index contributed by atoms with van der Waals surface area (Å²) in [5.74, 6) is 3.20. The van der Waals surface area contributed by atoms with Crippen molar-refractivity contribution in [1.29, 1.82) is 0 Å². The number of aliphatic hydroxyl groups excluding tert-OH is 1. The summed E-state index contributed by atoms with van der Waals surface area (Å²) in [7, 11) is 2.01. The van der Waals surface area contributed by atoms with Crippen LogP contribution in [0.3, 0.4) is 0 Å². The second kappa shape index (κ2) is 8.82. The van der Waals surface area contributed by atoms with Gasteiger partial charge in [0.15, 0.2) is 0 Å². The van der Waals surface area contributed by atoms with Crippen LogP contribution in [-0.4, -0.2) is 71.6 Å². The number of hydrogen-bond donors (Lipinski definition) is 1. The number of piperidine rings is 1. The number of carbonyl (C=O) groups excluding carboxylic acids is 1. The highest BCUT2D eigenvalue weighted by atomic mass is 32.2. The fourth-order valence-electron chi connectivity index (χ4n) is 2.06. The predicted octanol–water partition coefficient (Wildman–Crippen LogP) is 1.29. The first kappa shape index (κ1) is 16.8. The van der Waals surface area contributed by atoms with Gasteiger partial charge in [0.25, 0.3) is 0 Å². The number of thioether (sulfide) groups is 1. The van der Waals surface area contributed by atoms with Crippen LogP contribution in [0.25, 0.3) is 0 Å². The molecular formula is C14H28N2O2S. The molecular weight excluding hydrogens is 260 g/mol. The van der Waals surface area contributed by atoms with Crippen molar-refractivity contribution in [3.05, 3.63) is 0 Å². The lowest BCUT2D eigenvalue weighted by molar-refractivity contribution is -0.134. The molecule has 0 spiro atoms. The van der Waals surface area contributed by atoms with Crippen molar-refractivity contribution in [3.63, 3.8) is 0 Å². The summed E-state index contributed by atoms with van der Waals surface area (Å²) in [5, 5.41) is 9.43. The number of rotatable bonds is 7. The Morgan fingerprint density at radius 2 is 2.05 bits per heavy atom. The van der Waals surface area contributed by atoms with Crippen LogP contribution in [0.4, 0.5) is 0 Å². The lowest BCUT2D eigenvalue weighted by atomic mass is 10.1. The van der Waals surface area contributed by atoms with E-state index in [4.69, 9.17) is 0 Å². The molecule has 1 N–H and O–H groups in total. The number of nitrogens with zero attached hydrogens (tertiary/aromatic N) is 2. The average molecular weight is 288 g/mol. The average Bonchev–Trinajstić information content (AvgIpc) is 2.35. The first-order valence-electron chi connectivity index (χ1n) is 7.21. The van der Waals surface area contributed by atoms with Gasteiger partial charge in [-0.2, -0.15) is 11.8 Å². The Hall–Kier alpha value is -0.260. The predicted molar refractivity (Wildman–Crippen MR) is 81.5 cm³/mol. The summed E-state index contributed by atoms with van der Waals surface area (Å²) in [5.41, 5.74) is 0. The van der Waals surface area contributed by atoms with Crippen LogP contribution in [0.15, 0.2) is 0 Å². The molecule has 0 saturated carbocycles. The van der Waals surface area contributed by atoms with Gasteiger partial charge in [-0.25, -0.2) is 0 Å². The van der Waals surface area contributed by atoms with E-state index in [2.05, 4.69) is 18.7 Å². The van der Waals surface area contributed by atoms with E-state index in [1.54, 1.807) is 0 Å². The molecule has 1 heterocycles. The minimum atomic E-state index is -0.214. The third kappa shape index (κ3) is 7.18. The standard InChI is InChI=1S/C14H28N2O2S/c1-12(2)11-19-9-8-15(3)10-14(18)16-6-4-13(17)5-7-16/h12-13,17H,4-11H2,1-3H3. The van der Waals surface area contributed by atoms with Crippen LogP contribution in [0.1, 0.15) is 26.7 Å². The van der Waals surface area contributed by atoms with Gasteiger partial charge < -0.3 is 10.0 Å². The molecule has 0 radical (unpaired) electrons. The molecule has 0 aromatic rings. The Morgan fingerprint density at radius 3 is 2.63 bits per heavy atom. The summed E-state index contributed by atoms with van der Waals surface area (Å²) < 4.78 is 0. The number of aliphatic hydroxyl groups is 1. The molecule has 19 heavy (non-hydrogen) atoms. The summed E-state index contributed by atoms with van der Waals surface area (Å²) in [6, 6.07) is 0. The van der Waals surface area contributed by atoms with Gasteiger partial charge in [-0.05, 0) is 31.6 Å². The molecule has 112 valence electrons. The smallest absolute Gasteiger partial charge is 0.236 e. The minimum absolute atomic E-state index is 0.197. The molecule has 0 bridgehead atoms. The van der Waals surface area contributed by atoms with Crippen LogP contribution < -0.4 is 0 Å². The third-order valence-corrected chi connectivity index (χ3v) is 4.66. The Bertz CT molecular complexity index is 266. The molecule has 1 aliphatic heterocycles. The molecule has 1 fully saturated rings. The topological polar surface area (TPSA) is 43.8 Å². The number of likely N-dealkylation sites (tertiary alicyclic amines) is 1. The van der Waals surface area contributed by atoms with Gasteiger partial charge in [0.1, 0.15) is 0 Å². The Morgan fingerprint density at radius 1 is 1.42 bits per heavy atom. The van der Waals surface area contributed by atoms with Gasteiger partial charge in [0, 0.05) is 25.4 Å². The maximum absolute atomic E-state index is 12.1. The van der Waals surface area contributed by atoms with Crippen molar-refractivity contribution in [2.45, 2.75) is 32.8 Å². The zero-order valence-corrected chi connectivity index (χ0v) is 13.3. The molecule has 4 nitrogen and oxygen atoms in total. The van der Waals surface area contributed by atoms with E-state index < -0.39 is 0 Å². The summed E-state index contributed by atoms with van der Waals surface area (Å²) in [6.45, 7) is 7.32. The zero-order chi connectivity index (χ0) is 14.3. The van der Waals surface area contributed by atoms with E-state index in [1.165, 1.54) is 5.75 Å². The summed E-state index contributed by atoms with van der Waals surface area (Å²) in [6.07, 6.45) is 1.23. The molecule has 0 aromatic heterocycles. The molecule has 5 heteroatoms. The number of likely N-dealkylation sites (N-methyl/N-ethyl adjacent to an activating group) is 1. The SMILES string of the molecule is CC(C)CSCCN(C)CC(=O)N1CCC(O)CC1.